The quantitative estimate of drug-likeness (QED) is 0.462. The van der Waals surface area contributed by atoms with Gasteiger partial charge in [0.2, 0.25) is 5.82 Å². The molecule has 2 aromatic carbocycles. The van der Waals surface area contributed by atoms with Gasteiger partial charge in [-0.1, -0.05) is 23.4 Å². The lowest BCUT2D eigenvalue weighted by atomic mass is 10.0. The minimum absolute atomic E-state index is 0.284. The van der Waals surface area contributed by atoms with Crippen molar-refractivity contribution in [1.82, 2.24) is 25.2 Å². The Bertz CT molecular complexity index is 1240. The molecule has 8 heteroatoms. The Kier molecular flexibility index (Phi) is 5.56. The molecular weight excluding hydrogens is 394 g/mol. The van der Waals surface area contributed by atoms with Crippen molar-refractivity contribution in [3.8, 4) is 22.8 Å². The van der Waals surface area contributed by atoms with E-state index in [4.69, 9.17) is 9.63 Å². The first kappa shape index (κ1) is 20.7. The lowest BCUT2D eigenvalue weighted by Crippen LogP contribution is -2.33. The summed E-state index contributed by atoms with van der Waals surface area (Å²) in [6.07, 6.45) is 1.85. The van der Waals surface area contributed by atoms with Crippen LogP contribution in [0.25, 0.3) is 33.7 Å². The average Bonchev–Trinajstić information content (AvgIpc) is 3.38. The molecule has 0 aliphatic heterocycles. The fourth-order valence-electron chi connectivity index (χ4n) is 3.49. The van der Waals surface area contributed by atoms with Crippen LogP contribution in [0.5, 0.6) is 0 Å². The van der Waals surface area contributed by atoms with Crippen LogP contribution in [0.15, 0.2) is 47.1 Å². The molecular formula is C23H25N5O3. The maximum Gasteiger partial charge on any atom is 0.320 e. The van der Waals surface area contributed by atoms with E-state index in [1.165, 1.54) is 0 Å². The van der Waals surface area contributed by atoms with Crippen LogP contribution in [0, 0.1) is 6.92 Å². The van der Waals surface area contributed by atoms with Crippen LogP contribution in [-0.2, 0) is 11.3 Å². The number of aliphatic carboxylic acids is 1. The molecule has 8 nitrogen and oxygen atoms in total. The van der Waals surface area contributed by atoms with Gasteiger partial charge in [-0.25, -0.2) is 0 Å². The second-order valence-electron chi connectivity index (χ2n) is 7.97. The number of rotatable bonds is 7. The second-order valence-corrected chi connectivity index (χ2v) is 7.97. The third-order valence-corrected chi connectivity index (χ3v) is 5.27. The predicted octanol–water partition coefficient (Wildman–Crippen LogP) is 4.21. The van der Waals surface area contributed by atoms with Crippen molar-refractivity contribution >= 4 is 16.9 Å². The van der Waals surface area contributed by atoms with Gasteiger partial charge in [0.05, 0.1) is 11.7 Å². The molecule has 0 fully saturated rings. The predicted molar refractivity (Wildman–Crippen MR) is 118 cm³/mol. The molecule has 2 aromatic heterocycles. The summed E-state index contributed by atoms with van der Waals surface area (Å²) in [5.74, 6) is 0.0981. The van der Waals surface area contributed by atoms with Gasteiger partial charge >= 0.3 is 5.97 Å². The van der Waals surface area contributed by atoms with Gasteiger partial charge < -0.3 is 14.9 Å². The number of nitrogens with one attached hydrogen (secondary N) is 1. The Morgan fingerprint density at radius 1 is 1.19 bits per heavy atom. The summed E-state index contributed by atoms with van der Waals surface area (Å²) in [7, 11) is 0. The van der Waals surface area contributed by atoms with Crippen molar-refractivity contribution in [3.63, 3.8) is 0 Å². The molecule has 0 bridgehead atoms. The standard InChI is InChI=1S/C23H25N5O3/c1-13(2)28-20-8-6-17(10-18(20)12-25-28)22-26-21(27-31-22)19-7-5-16(9-14(19)3)11-24-15(4)23(29)30/h5-10,12-13,15,24H,11H2,1-4H3,(H,29,30). The summed E-state index contributed by atoms with van der Waals surface area (Å²) >= 11 is 0. The topological polar surface area (TPSA) is 106 Å². The molecule has 2 N–H and O–H groups in total. The van der Waals surface area contributed by atoms with Crippen molar-refractivity contribution in [2.24, 2.45) is 0 Å². The number of nitrogens with zero attached hydrogens (tertiary/aromatic N) is 4. The summed E-state index contributed by atoms with van der Waals surface area (Å²) < 4.78 is 7.51. The van der Waals surface area contributed by atoms with E-state index in [0.29, 0.717) is 18.3 Å². The summed E-state index contributed by atoms with van der Waals surface area (Å²) in [5, 5.41) is 21.6. The van der Waals surface area contributed by atoms with E-state index in [0.717, 1.165) is 33.2 Å². The Labute approximate surface area is 179 Å². The molecule has 4 aromatic rings. The van der Waals surface area contributed by atoms with Gasteiger partial charge in [-0.05, 0) is 57.0 Å². The summed E-state index contributed by atoms with van der Waals surface area (Å²) in [6, 6.07) is 11.5. The number of carboxylic acid groups (broad SMARTS) is 1. The van der Waals surface area contributed by atoms with Crippen molar-refractivity contribution in [2.45, 2.75) is 46.3 Å². The summed E-state index contributed by atoms with van der Waals surface area (Å²) in [6.45, 7) is 8.26. The zero-order valence-corrected chi connectivity index (χ0v) is 18.0. The lowest BCUT2D eigenvalue weighted by Gasteiger charge is -2.10. The molecule has 0 aliphatic carbocycles. The first-order chi connectivity index (χ1) is 14.8. The lowest BCUT2D eigenvalue weighted by molar-refractivity contribution is -0.139. The maximum atomic E-state index is 11.0. The first-order valence-electron chi connectivity index (χ1n) is 10.2. The van der Waals surface area contributed by atoms with Gasteiger partial charge in [0.1, 0.15) is 6.04 Å². The molecule has 0 saturated heterocycles. The van der Waals surface area contributed by atoms with Crippen LogP contribution in [-0.4, -0.2) is 37.0 Å². The molecule has 4 rings (SSSR count). The van der Waals surface area contributed by atoms with Crippen LogP contribution < -0.4 is 5.32 Å². The van der Waals surface area contributed by atoms with Crippen LogP contribution in [0.4, 0.5) is 0 Å². The fraction of sp³-hybridized carbons (Fsp3) is 0.304. The van der Waals surface area contributed by atoms with E-state index in [-0.39, 0.29) is 6.04 Å². The molecule has 0 amide bonds. The van der Waals surface area contributed by atoms with Gasteiger partial charge in [-0.15, -0.1) is 0 Å². The largest absolute Gasteiger partial charge is 0.480 e. The molecule has 2 heterocycles. The minimum atomic E-state index is -0.873. The molecule has 0 radical (unpaired) electrons. The van der Waals surface area contributed by atoms with Crippen molar-refractivity contribution in [2.75, 3.05) is 0 Å². The molecule has 0 saturated carbocycles. The van der Waals surface area contributed by atoms with Crippen LogP contribution in [0.1, 0.15) is 37.9 Å². The van der Waals surface area contributed by atoms with Crippen LogP contribution >= 0.6 is 0 Å². The molecule has 31 heavy (non-hydrogen) atoms. The number of fused-ring (bicyclic) bond motifs is 1. The number of aryl methyl sites for hydroxylation is 1. The third kappa shape index (κ3) is 4.20. The minimum Gasteiger partial charge on any atom is -0.480 e. The van der Waals surface area contributed by atoms with E-state index in [9.17, 15) is 4.79 Å². The molecule has 0 spiro atoms. The number of carbonyl (C=O) groups is 1. The van der Waals surface area contributed by atoms with Gasteiger partial charge in [0.25, 0.3) is 5.89 Å². The summed E-state index contributed by atoms with van der Waals surface area (Å²) in [4.78, 5) is 15.5. The number of hydrogen-bond acceptors (Lipinski definition) is 6. The third-order valence-electron chi connectivity index (χ3n) is 5.27. The van der Waals surface area contributed by atoms with Crippen LogP contribution in [0.3, 0.4) is 0 Å². The maximum absolute atomic E-state index is 11.0. The molecule has 1 unspecified atom stereocenters. The summed E-state index contributed by atoms with van der Waals surface area (Å²) in [5.41, 5.74) is 4.76. The van der Waals surface area contributed by atoms with Gasteiger partial charge in [0.15, 0.2) is 0 Å². The van der Waals surface area contributed by atoms with Gasteiger partial charge in [0, 0.05) is 29.1 Å². The average molecular weight is 419 g/mol. The Balaban J connectivity index is 1.56. The van der Waals surface area contributed by atoms with E-state index in [1.807, 2.05) is 54.2 Å². The Morgan fingerprint density at radius 2 is 2.00 bits per heavy atom. The van der Waals surface area contributed by atoms with E-state index >= 15 is 0 Å². The van der Waals surface area contributed by atoms with Gasteiger partial charge in [-0.2, -0.15) is 10.1 Å². The fourth-order valence-corrected chi connectivity index (χ4v) is 3.49. The highest BCUT2D eigenvalue weighted by molar-refractivity contribution is 5.83. The number of carboxylic acids is 1. The Morgan fingerprint density at radius 3 is 2.71 bits per heavy atom. The SMILES string of the molecule is Cc1cc(CNC(C)C(=O)O)ccc1-c1noc(-c2ccc3c(cnn3C(C)C)c2)n1. The van der Waals surface area contributed by atoms with Crippen molar-refractivity contribution < 1.29 is 14.4 Å². The first-order valence-corrected chi connectivity index (χ1v) is 10.2. The normalized spacial score (nSPS) is 12.5. The molecule has 160 valence electrons. The van der Waals surface area contributed by atoms with E-state index in [2.05, 4.69) is 34.4 Å². The zero-order valence-electron chi connectivity index (χ0n) is 18.0. The second kappa shape index (κ2) is 8.31. The van der Waals surface area contributed by atoms with E-state index < -0.39 is 12.0 Å². The van der Waals surface area contributed by atoms with Crippen LogP contribution in [0.2, 0.25) is 0 Å². The molecule has 1 atom stereocenters. The molecule has 0 aliphatic rings. The number of benzene rings is 2. The smallest absolute Gasteiger partial charge is 0.320 e. The highest BCUT2D eigenvalue weighted by Crippen LogP contribution is 2.28. The van der Waals surface area contributed by atoms with Gasteiger partial charge in [-0.3, -0.25) is 9.48 Å². The van der Waals surface area contributed by atoms with Crippen molar-refractivity contribution in [1.29, 1.82) is 0 Å². The highest BCUT2D eigenvalue weighted by atomic mass is 16.5. The highest BCUT2D eigenvalue weighted by Gasteiger charge is 2.15. The zero-order chi connectivity index (χ0) is 22.1. The number of hydrogen-bond donors (Lipinski definition) is 2. The number of aromatic nitrogens is 4. The van der Waals surface area contributed by atoms with Crippen molar-refractivity contribution in [3.05, 3.63) is 53.7 Å². The Hall–Kier alpha value is -3.52. The van der Waals surface area contributed by atoms with E-state index in [1.54, 1.807) is 6.92 Å². The monoisotopic (exact) mass is 419 g/mol.